The van der Waals surface area contributed by atoms with E-state index in [1.165, 1.54) is 0 Å². The van der Waals surface area contributed by atoms with E-state index in [9.17, 15) is 10.4 Å². The van der Waals surface area contributed by atoms with Crippen molar-refractivity contribution < 1.29 is 5.11 Å². The summed E-state index contributed by atoms with van der Waals surface area (Å²) in [5, 5.41) is 25.4. The number of nitrogens with one attached hydrogen (secondary N) is 2. The van der Waals surface area contributed by atoms with Crippen molar-refractivity contribution in [1.82, 2.24) is 15.0 Å². The van der Waals surface area contributed by atoms with Gasteiger partial charge in [-0.1, -0.05) is 26.0 Å². The maximum Gasteiger partial charge on any atom is 0.225 e. The Hall–Kier alpha value is -3.50. The third-order valence-electron chi connectivity index (χ3n) is 4.31. The molecule has 3 aromatic rings. The quantitative estimate of drug-likeness (QED) is 0.580. The van der Waals surface area contributed by atoms with Crippen LogP contribution in [0.25, 0.3) is 11.3 Å². The molecule has 3 N–H and O–H groups in total. The Labute approximate surface area is 164 Å². The standard InChI is InChI=1S/C21H22N6O/c1-14(2)19(13-28)26-21-25-18(16-7-5-9-23-12-16)10-20(27-21)24-17-8-4-3-6-15(17)11-22/h3-10,12,14,19,28H,13H2,1-2H3,(H2,24,25,26,27)/t19-/m1/s1. The predicted octanol–water partition coefficient (Wildman–Crippen LogP) is 3.58. The molecule has 0 aliphatic carbocycles. The summed E-state index contributed by atoms with van der Waals surface area (Å²) in [4.78, 5) is 13.3. The van der Waals surface area contributed by atoms with Gasteiger partial charge in [0.25, 0.3) is 0 Å². The van der Waals surface area contributed by atoms with Crippen LogP contribution in [0.4, 0.5) is 17.5 Å². The lowest BCUT2D eigenvalue weighted by Gasteiger charge is -2.20. The van der Waals surface area contributed by atoms with E-state index in [1.54, 1.807) is 24.5 Å². The maximum atomic E-state index is 9.64. The van der Waals surface area contributed by atoms with Crippen LogP contribution in [0, 0.1) is 17.2 Å². The summed E-state index contributed by atoms with van der Waals surface area (Å²) in [6.45, 7) is 4.00. The van der Waals surface area contributed by atoms with E-state index in [2.05, 4.69) is 31.7 Å². The highest BCUT2D eigenvalue weighted by atomic mass is 16.3. The Kier molecular flexibility index (Phi) is 6.14. The first-order valence-electron chi connectivity index (χ1n) is 9.03. The molecule has 142 valence electrons. The first-order chi connectivity index (χ1) is 13.6. The Morgan fingerprint density at radius 3 is 2.64 bits per heavy atom. The van der Waals surface area contributed by atoms with Gasteiger partial charge in [-0.25, -0.2) is 4.98 Å². The number of anilines is 3. The third-order valence-corrected chi connectivity index (χ3v) is 4.31. The predicted molar refractivity (Wildman–Crippen MR) is 109 cm³/mol. The minimum atomic E-state index is -0.177. The summed E-state index contributed by atoms with van der Waals surface area (Å²) >= 11 is 0. The van der Waals surface area contributed by atoms with Gasteiger partial charge in [-0.05, 0) is 30.2 Å². The first kappa shape index (κ1) is 19.3. The molecule has 0 bridgehead atoms. The zero-order valence-corrected chi connectivity index (χ0v) is 15.8. The van der Waals surface area contributed by atoms with Crippen molar-refractivity contribution >= 4 is 17.5 Å². The van der Waals surface area contributed by atoms with Gasteiger partial charge in [0.15, 0.2) is 0 Å². The molecule has 28 heavy (non-hydrogen) atoms. The number of hydrogen-bond acceptors (Lipinski definition) is 7. The molecule has 0 saturated heterocycles. The molecular formula is C21H22N6O. The second-order valence-corrected chi connectivity index (χ2v) is 6.66. The van der Waals surface area contributed by atoms with Crippen LogP contribution >= 0.6 is 0 Å². The van der Waals surface area contributed by atoms with E-state index in [0.29, 0.717) is 28.7 Å². The van der Waals surface area contributed by atoms with E-state index in [1.807, 2.05) is 44.2 Å². The van der Waals surface area contributed by atoms with Crippen molar-refractivity contribution in [1.29, 1.82) is 5.26 Å². The van der Waals surface area contributed by atoms with E-state index < -0.39 is 0 Å². The fraction of sp³-hybridized carbons (Fsp3) is 0.238. The van der Waals surface area contributed by atoms with Gasteiger partial charge in [-0.2, -0.15) is 10.2 Å². The minimum Gasteiger partial charge on any atom is -0.394 e. The zero-order chi connectivity index (χ0) is 19.9. The molecule has 3 rings (SSSR count). The normalized spacial score (nSPS) is 11.7. The number of rotatable bonds is 7. The van der Waals surface area contributed by atoms with Gasteiger partial charge >= 0.3 is 0 Å². The van der Waals surface area contributed by atoms with Gasteiger partial charge in [0.2, 0.25) is 5.95 Å². The Morgan fingerprint density at radius 1 is 1.14 bits per heavy atom. The average Bonchev–Trinajstić information content (AvgIpc) is 2.72. The summed E-state index contributed by atoms with van der Waals surface area (Å²) in [5.74, 6) is 1.14. The summed E-state index contributed by atoms with van der Waals surface area (Å²) in [7, 11) is 0. The summed E-state index contributed by atoms with van der Waals surface area (Å²) in [6.07, 6.45) is 3.43. The molecule has 2 heterocycles. The van der Waals surface area contributed by atoms with Crippen molar-refractivity contribution in [2.75, 3.05) is 17.2 Å². The number of hydrogen-bond donors (Lipinski definition) is 3. The van der Waals surface area contributed by atoms with E-state index >= 15 is 0 Å². The third kappa shape index (κ3) is 4.61. The minimum absolute atomic E-state index is 0.0296. The Bertz CT molecular complexity index is 968. The van der Waals surface area contributed by atoms with Crippen LogP contribution in [0.15, 0.2) is 54.9 Å². The van der Waals surface area contributed by atoms with Gasteiger partial charge < -0.3 is 15.7 Å². The molecule has 2 aromatic heterocycles. The van der Waals surface area contributed by atoms with Crippen LogP contribution < -0.4 is 10.6 Å². The van der Waals surface area contributed by atoms with Gasteiger partial charge in [-0.15, -0.1) is 0 Å². The molecule has 0 amide bonds. The molecule has 0 fully saturated rings. The number of aliphatic hydroxyl groups excluding tert-OH is 1. The highest BCUT2D eigenvalue weighted by molar-refractivity contribution is 5.69. The van der Waals surface area contributed by atoms with Crippen LogP contribution in [-0.2, 0) is 0 Å². The molecule has 1 aromatic carbocycles. The van der Waals surface area contributed by atoms with Crippen LogP contribution in [0.2, 0.25) is 0 Å². The fourth-order valence-electron chi connectivity index (χ4n) is 2.65. The zero-order valence-electron chi connectivity index (χ0n) is 15.8. The highest BCUT2D eigenvalue weighted by Crippen LogP contribution is 2.25. The summed E-state index contributed by atoms with van der Waals surface area (Å²) in [5.41, 5.74) is 2.71. The van der Waals surface area contributed by atoms with Gasteiger partial charge in [0.05, 0.1) is 29.6 Å². The lowest BCUT2D eigenvalue weighted by molar-refractivity contribution is 0.248. The lowest BCUT2D eigenvalue weighted by atomic mass is 10.1. The molecule has 0 aliphatic rings. The topological polar surface area (TPSA) is 107 Å². The molecule has 0 unspecified atom stereocenters. The average molecular weight is 374 g/mol. The second-order valence-electron chi connectivity index (χ2n) is 6.66. The van der Waals surface area contributed by atoms with Gasteiger partial charge in [0, 0.05) is 24.0 Å². The molecule has 0 radical (unpaired) electrons. The molecule has 7 heteroatoms. The molecular weight excluding hydrogens is 352 g/mol. The fourth-order valence-corrected chi connectivity index (χ4v) is 2.65. The number of benzene rings is 1. The smallest absolute Gasteiger partial charge is 0.225 e. The van der Waals surface area contributed by atoms with Crippen LogP contribution in [-0.4, -0.2) is 32.7 Å². The van der Waals surface area contributed by atoms with Crippen LogP contribution in [0.5, 0.6) is 0 Å². The highest BCUT2D eigenvalue weighted by Gasteiger charge is 2.15. The molecule has 0 saturated carbocycles. The number of aromatic nitrogens is 3. The largest absolute Gasteiger partial charge is 0.394 e. The van der Waals surface area contributed by atoms with Crippen LogP contribution in [0.1, 0.15) is 19.4 Å². The van der Waals surface area contributed by atoms with Gasteiger partial charge in [-0.3, -0.25) is 4.98 Å². The number of nitrogens with zero attached hydrogens (tertiary/aromatic N) is 4. The van der Waals surface area contributed by atoms with E-state index in [-0.39, 0.29) is 18.6 Å². The van der Waals surface area contributed by atoms with Crippen molar-refractivity contribution in [3.8, 4) is 17.3 Å². The second kappa shape index (κ2) is 8.93. The van der Waals surface area contributed by atoms with Crippen LogP contribution in [0.3, 0.4) is 0 Å². The molecule has 1 atom stereocenters. The number of pyridine rings is 1. The monoisotopic (exact) mass is 374 g/mol. The SMILES string of the molecule is CC(C)[C@@H](CO)Nc1nc(Nc2ccccc2C#N)cc(-c2cccnc2)n1. The molecule has 0 spiro atoms. The van der Waals surface area contributed by atoms with Crippen molar-refractivity contribution in [2.45, 2.75) is 19.9 Å². The molecule has 0 aliphatic heterocycles. The van der Waals surface area contributed by atoms with E-state index in [4.69, 9.17) is 0 Å². The number of para-hydroxylation sites is 1. The van der Waals surface area contributed by atoms with Crippen molar-refractivity contribution in [2.24, 2.45) is 5.92 Å². The summed E-state index contributed by atoms with van der Waals surface area (Å²) < 4.78 is 0. The Balaban J connectivity index is 2.01. The number of aliphatic hydroxyl groups is 1. The van der Waals surface area contributed by atoms with Crippen molar-refractivity contribution in [3.05, 3.63) is 60.4 Å². The van der Waals surface area contributed by atoms with Gasteiger partial charge in [0.1, 0.15) is 11.9 Å². The lowest BCUT2D eigenvalue weighted by Crippen LogP contribution is -2.30. The Morgan fingerprint density at radius 2 is 1.96 bits per heavy atom. The maximum absolute atomic E-state index is 9.64. The number of nitriles is 1. The first-order valence-corrected chi connectivity index (χ1v) is 9.03. The summed E-state index contributed by atoms with van der Waals surface area (Å²) in [6, 6.07) is 14.8. The van der Waals surface area contributed by atoms with E-state index in [0.717, 1.165) is 5.56 Å². The van der Waals surface area contributed by atoms with Crippen molar-refractivity contribution in [3.63, 3.8) is 0 Å². The molecule has 7 nitrogen and oxygen atoms in total.